The summed E-state index contributed by atoms with van der Waals surface area (Å²) in [5.74, 6) is -0.389. The van der Waals surface area contributed by atoms with Gasteiger partial charge in [-0.1, -0.05) is 31.9 Å². The third-order valence-electron chi connectivity index (χ3n) is 3.42. The first-order chi connectivity index (χ1) is 8.45. The Morgan fingerprint density at radius 1 is 1.33 bits per heavy atom. The second kappa shape index (κ2) is 6.64. The quantitative estimate of drug-likeness (QED) is 0.857. The second-order valence-electron chi connectivity index (χ2n) is 4.62. The number of carbonyl (C=O) groups is 1. The fraction of sp³-hybridized carbons (Fsp3) is 0.500. The second-order valence-corrected chi connectivity index (χ2v) is 5.06. The maximum atomic E-state index is 11.0. The van der Waals surface area contributed by atoms with E-state index < -0.39 is 5.97 Å². The van der Waals surface area contributed by atoms with Crippen molar-refractivity contribution >= 4 is 23.3 Å². The van der Waals surface area contributed by atoms with E-state index in [0.29, 0.717) is 10.9 Å². The molecular weight excluding hydrogens is 250 g/mol. The minimum Gasteiger partial charge on any atom is -0.480 e. The number of rotatable bonds is 6. The molecule has 0 saturated heterocycles. The number of nitrogens with zero attached hydrogens (tertiary/aromatic N) is 1. The molecule has 0 aliphatic carbocycles. The Kier molecular flexibility index (Phi) is 5.48. The van der Waals surface area contributed by atoms with Gasteiger partial charge in [-0.2, -0.15) is 0 Å². The molecule has 1 N–H and O–H groups in total. The van der Waals surface area contributed by atoms with E-state index in [2.05, 4.69) is 20.8 Å². The zero-order valence-electron chi connectivity index (χ0n) is 11.1. The SMILES string of the molecule is CCC(C)C(C)N(CC(=O)O)c1ccc(Cl)cc1. The van der Waals surface area contributed by atoms with Crippen molar-refractivity contribution in [1.29, 1.82) is 0 Å². The summed E-state index contributed by atoms with van der Waals surface area (Å²) in [6.07, 6.45) is 1.02. The smallest absolute Gasteiger partial charge is 0.323 e. The van der Waals surface area contributed by atoms with E-state index in [-0.39, 0.29) is 12.6 Å². The van der Waals surface area contributed by atoms with Crippen molar-refractivity contribution in [3.05, 3.63) is 29.3 Å². The van der Waals surface area contributed by atoms with Gasteiger partial charge in [0, 0.05) is 16.8 Å². The molecule has 0 aliphatic heterocycles. The van der Waals surface area contributed by atoms with Crippen molar-refractivity contribution < 1.29 is 9.90 Å². The lowest BCUT2D eigenvalue weighted by Gasteiger charge is -2.33. The molecule has 0 fully saturated rings. The van der Waals surface area contributed by atoms with E-state index >= 15 is 0 Å². The van der Waals surface area contributed by atoms with Crippen LogP contribution < -0.4 is 4.90 Å². The van der Waals surface area contributed by atoms with E-state index in [1.165, 1.54) is 0 Å². The van der Waals surface area contributed by atoms with Crippen LogP contribution in [0.15, 0.2) is 24.3 Å². The van der Waals surface area contributed by atoms with Crippen LogP contribution in [-0.2, 0) is 4.79 Å². The minimum atomic E-state index is -0.819. The third kappa shape index (κ3) is 3.91. The van der Waals surface area contributed by atoms with E-state index in [0.717, 1.165) is 12.1 Å². The van der Waals surface area contributed by atoms with Crippen LogP contribution in [0.4, 0.5) is 5.69 Å². The number of anilines is 1. The number of halogens is 1. The molecule has 3 nitrogen and oxygen atoms in total. The fourth-order valence-electron chi connectivity index (χ4n) is 1.90. The number of hydrogen-bond donors (Lipinski definition) is 1. The van der Waals surface area contributed by atoms with Crippen molar-refractivity contribution in [2.24, 2.45) is 5.92 Å². The third-order valence-corrected chi connectivity index (χ3v) is 3.67. The van der Waals surface area contributed by atoms with Gasteiger partial charge < -0.3 is 10.0 Å². The molecule has 0 spiro atoms. The molecule has 0 heterocycles. The lowest BCUT2D eigenvalue weighted by Crippen LogP contribution is -2.41. The number of carboxylic acid groups (broad SMARTS) is 1. The van der Waals surface area contributed by atoms with Gasteiger partial charge in [-0.15, -0.1) is 0 Å². The van der Waals surface area contributed by atoms with E-state index in [9.17, 15) is 4.79 Å². The average molecular weight is 270 g/mol. The number of carboxylic acids is 1. The molecule has 1 aromatic carbocycles. The van der Waals surface area contributed by atoms with Gasteiger partial charge in [-0.05, 0) is 37.1 Å². The van der Waals surface area contributed by atoms with Gasteiger partial charge in [0.15, 0.2) is 0 Å². The molecule has 2 atom stereocenters. The Balaban J connectivity index is 2.97. The summed E-state index contributed by atoms with van der Waals surface area (Å²) >= 11 is 5.86. The summed E-state index contributed by atoms with van der Waals surface area (Å²) < 4.78 is 0. The molecule has 0 amide bonds. The summed E-state index contributed by atoms with van der Waals surface area (Å²) in [6.45, 7) is 6.32. The minimum absolute atomic E-state index is 0.00708. The highest BCUT2D eigenvalue weighted by Gasteiger charge is 2.21. The van der Waals surface area contributed by atoms with E-state index in [1.807, 2.05) is 17.0 Å². The van der Waals surface area contributed by atoms with Gasteiger partial charge in [0.2, 0.25) is 0 Å². The number of aliphatic carboxylic acids is 1. The Hall–Kier alpha value is -1.22. The molecule has 0 radical (unpaired) electrons. The highest BCUT2D eigenvalue weighted by Crippen LogP contribution is 2.24. The molecule has 0 bridgehead atoms. The molecule has 1 rings (SSSR count). The standard InChI is InChI=1S/C14H20ClNO2/c1-4-10(2)11(3)16(9-14(17)18)13-7-5-12(15)6-8-13/h5-8,10-11H,4,9H2,1-3H3,(H,17,18). The van der Waals surface area contributed by atoms with Gasteiger partial charge in [-0.25, -0.2) is 0 Å². The predicted molar refractivity (Wildman–Crippen MR) is 75.4 cm³/mol. The van der Waals surface area contributed by atoms with Crippen LogP contribution in [0.5, 0.6) is 0 Å². The lowest BCUT2D eigenvalue weighted by atomic mass is 9.98. The summed E-state index contributed by atoms with van der Waals surface area (Å²) in [4.78, 5) is 12.9. The van der Waals surface area contributed by atoms with Gasteiger partial charge in [0.05, 0.1) is 0 Å². The Labute approximate surface area is 113 Å². The van der Waals surface area contributed by atoms with Crippen LogP contribution in [-0.4, -0.2) is 23.7 Å². The van der Waals surface area contributed by atoms with E-state index in [1.54, 1.807) is 12.1 Å². The lowest BCUT2D eigenvalue weighted by molar-refractivity contribution is -0.135. The summed E-state index contributed by atoms with van der Waals surface area (Å²) in [5, 5.41) is 9.69. The number of benzene rings is 1. The molecule has 1 aromatic rings. The van der Waals surface area contributed by atoms with Crippen LogP contribution in [0.2, 0.25) is 5.02 Å². The Bertz CT molecular complexity index is 391. The zero-order chi connectivity index (χ0) is 13.7. The monoisotopic (exact) mass is 269 g/mol. The molecular formula is C14H20ClNO2. The predicted octanol–water partition coefficient (Wildman–Crippen LogP) is 3.67. The zero-order valence-corrected chi connectivity index (χ0v) is 11.8. The molecule has 18 heavy (non-hydrogen) atoms. The van der Waals surface area contributed by atoms with Crippen molar-refractivity contribution in [2.75, 3.05) is 11.4 Å². The maximum Gasteiger partial charge on any atom is 0.323 e. The molecule has 2 unspecified atom stereocenters. The molecule has 4 heteroatoms. The summed E-state index contributed by atoms with van der Waals surface area (Å²) in [5.41, 5.74) is 0.898. The van der Waals surface area contributed by atoms with Crippen LogP contribution >= 0.6 is 11.6 Å². The van der Waals surface area contributed by atoms with Crippen LogP contribution in [0.25, 0.3) is 0 Å². The first-order valence-electron chi connectivity index (χ1n) is 6.19. The summed E-state index contributed by atoms with van der Waals surface area (Å²) in [7, 11) is 0. The molecule has 0 saturated carbocycles. The van der Waals surface area contributed by atoms with Gasteiger partial charge in [0.25, 0.3) is 0 Å². The van der Waals surface area contributed by atoms with Gasteiger partial charge in [0.1, 0.15) is 6.54 Å². The van der Waals surface area contributed by atoms with Crippen molar-refractivity contribution in [3.8, 4) is 0 Å². The van der Waals surface area contributed by atoms with Crippen LogP contribution in [0.3, 0.4) is 0 Å². The van der Waals surface area contributed by atoms with Crippen LogP contribution in [0.1, 0.15) is 27.2 Å². The van der Waals surface area contributed by atoms with Crippen molar-refractivity contribution in [3.63, 3.8) is 0 Å². The Morgan fingerprint density at radius 2 is 1.89 bits per heavy atom. The summed E-state index contributed by atoms with van der Waals surface area (Å²) in [6, 6.07) is 7.48. The van der Waals surface area contributed by atoms with Crippen LogP contribution in [0, 0.1) is 5.92 Å². The van der Waals surface area contributed by atoms with Crippen molar-refractivity contribution in [1.82, 2.24) is 0 Å². The average Bonchev–Trinajstić information content (AvgIpc) is 2.35. The highest BCUT2D eigenvalue weighted by molar-refractivity contribution is 6.30. The normalized spacial score (nSPS) is 14.0. The topological polar surface area (TPSA) is 40.5 Å². The largest absolute Gasteiger partial charge is 0.480 e. The number of hydrogen-bond acceptors (Lipinski definition) is 2. The molecule has 0 aromatic heterocycles. The van der Waals surface area contributed by atoms with Gasteiger partial charge >= 0.3 is 5.97 Å². The van der Waals surface area contributed by atoms with Gasteiger partial charge in [-0.3, -0.25) is 4.79 Å². The first-order valence-corrected chi connectivity index (χ1v) is 6.57. The van der Waals surface area contributed by atoms with E-state index in [4.69, 9.17) is 16.7 Å². The fourth-order valence-corrected chi connectivity index (χ4v) is 2.02. The first kappa shape index (κ1) is 14.8. The maximum absolute atomic E-state index is 11.0. The molecule has 0 aliphatic rings. The Morgan fingerprint density at radius 3 is 2.33 bits per heavy atom. The molecule has 100 valence electrons. The highest BCUT2D eigenvalue weighted by atomic mass is 35.5. The van der Waals surface area contributed by atoms with Crippen molar-refractivity contribution in [2.45, 2.75) is 33.2 Å².